The molecule has 0 unspecified atom stereocenters. The first-order chi connectivity index (χ1) is 11.8. The number of nitrogens with zero attached hydrogens (tertiary/aromatic N) is 1. The highest BCUT2D eigenvalue weighted by molar-refractivity contribution is 6.54. The topological polar surface area (TPSA) is 28.7 Å². The SMILES string of the molecule is CCc1cnc[nH]1.Clc1cccc(BCC=Cc2ccccc2)c1. The lowest BCUT2D eigenvalue weighted by molar-refractivity contribution is 1.06. The molecule has 0 saturated carbocycles. The highest BCUT2D eigenvalue weighted by Gasteiger charge is 1.94. The van der Waals surface area contributed by atoms with Crippen LogP contribution in [0.5, 0.6) is 0 Å². The van der Waals surface area contributed by atoms with Crippen LogP contribution in [0.25, 0.3) is 6.08 Å². The van der Waals surface area contributed by atoms with Gasteiger partial charge >= 0.3 is 0 Å². The van der Waals surface area contributed by atoms with Crippen molar-refractivity contribution in [2.75, 3.05) is 0 Å². The molecule has 0 aliphatic rings. The van der Waals surface area contributed by atoms with Crippen LogP contribution in [0.1, 0.15) is 18.2 Å². The second-order valence-corrected chi connectivity index (χ2v) is 5.85. The van der Waals surface area contributed by atoms with Gasteiger partial charge < -0.3 is 4.98 Å². The zero-order valence-corrected chi connectivity index (χ0v) is 14.7. The number of aromatic amines is 1. The van der Waals surface area contributed by atoms with Crippen molar-refractivity contribution in [1.29, 1.82) is 0 Å². The largest absolute Gasteiger partial charge is 0.349 e. The third kappa shape index (κ3) is 6.88. The standard InChI is InChI=1S/C15H14BCl.C5H8N2/c17-15-10-4-9-14(12-15)16-11-5-8-13-6-2-1-3-7-13;1-2-5-3-6-4-7-5/h1-10,12,16H,11H2;3-4H,2H2,1H3,(H,6,7). The van der Waals surface area contributed by atoms with E-state index in [0.29, 0.717) is 0 Å². The summed E-state index contributed by atoms with van der Waals surface area (Å²) in [4.78, 5) is 6.81. The Morgan fingerprint density at radius 3 is 2.58 bits per heavy atom. The number of aryl methyl sites for hydroxylation is 1. The Morgan fingerprint density at radius 2 is 1.96 bits per heavy atom. The van der Waals surface area contributed by atoms with E-state index in [1.165, 1.54) is 16.7 Å². The van der Waals surface area contributed by atoms with Gasteiger partial charge in [-0.3, -0.25) is 0 Å². The van der Waals surface area contributed by atoms with E-state index in [2.05, 4.69) is 59.4 Å². The van der Waals surface area contributed by atoms with Crippen LogP contribution in [-0.2, 0) is 6.42 Å². The Morgan fingerprint density at radius 1 is 1.12 bits per heavy atom. The minimum Gasteiger partial charge on any atom is -0.349 e. The number of nitrogens with one attached hydrogen (secondary N) is 1. The first-order valence-electron chi connectivity index (χ1n) is 8.21. The van der Waals surface area contributed by atoms with Gasteiger partial charge in [-0.25, -0.2) is 4.98 Å². The fourth-order valence-electron chi connectivity index (χ4n) is 2.20. The quantitative estimate of drug-likeness (QED) is 0.683. The molecular weight excluding hydrogens is 314 g/mol. The molecule has 24 heavy (non-hydrogen) atoms. The molecule has 122 valence electrons. The summed E-state index contributed by atoms with van der Waals surface area (Å²) in [6.45, 7) is 2.09. The predicted octanol–water partition coefficient (Wildman–Crippen LogP) is 4.51. The van der Waals surface area contributed by atoms with Crippen molar-refractivity contribution in [3.63, 3.8) is 0 Å². The summed E-state index contributed by atoms with van der Waals surface area (Å²) in [6, 6.07) is 18.4. The molecule has 0 atom stereocenters. The lowest BCUT2D eigenvalue weighted by Crippen LogP contribution is -2.11. The molecule has 0 aliphatic carbocycles. The number of benzene rings is 2. The number of hydrogen-bond donors (Lipinski definition) is 1. The second-order valence-electron chi connectivity index (χ2n) is 5.41. The molecule has 1 N–H and O–H groups in total. The van der Waals surface area contributed by atoms with E-state index in [0.717, 1.165) is 25.0 Å². The average molecular weight is 337 g/mol. The van der Waals surface area contributed by atoms with E-state index in [1.54, 1.807) is 6.33 Å². The normalized spacial score (nSPS) is 10.2. The minimum absolute atomic E-state index is 0.814. The lowest BCUT2D eigenvalue weighted by atomic mass is 9.67. The highest BCUT2D eigenvalue weighted by atomic mass is 35.5. The molecule has 0 radical (unpaired) electrons. The summed E-state index contributed by atoms with van der Waals surface area (Å²) >= 11 is 5.94. The lowest BCUT2D eigenvalue weighted by Gasteiger charge is -1.97. The van der Waals surface area contributed by atoms with E-state index < -0.39 is 0 Å². The van der Waals surface area contributed by atoms with Crippen LogP contribution in [0.3, 0.4) is 0 Å². The van der Waals surface area contributed by atoms with Crippen LogP contribution in [0.2, 0.25) is 11.3 Å². The van der Waals surface area contributed by atoms with Crippen molar-refractivity contribution in [3.05, 3.63) is 89.5 Å². The molecule has 1 aromatic heterocycles. The molecular formula is C20H22BClN2. The Kier molecular flexibility index (Phi) is 7.92. The van der Waals surface area contributed by atoms with E-state index in [4.69, 9.17) is 11.6 Å². The molecule has 0 bridgehead atoms. The molecule has 1 heterocycles. The zero-order valence-electron chi connectivity index (χ0n) is 14.0. The molecule has 0 aliphatic heterocycles. The van der Waals surface area contributed by atoms with Gasteiger partial charge in [0, 0.05) is 16.9 Å². The average Bonchev–Trinajstić information content (AvgIpc) is 3.14. The fraction of sp³-hybridized carbons (Fsp3) is 0.150. The first-order valence-corrected chi connectivity index (χ1v) is 8.59. The van der Waals surface area contributed by atoms with Crippen molar-refractivity contribution in [2.45, 2.75) is 19.7 Å². The predicted molar refractivity (Wildman–Crippen MR) is 106 cm³/mol. The Balaban J connectivity index is 0.000000249. The van der Waals surface area contributed by atoms with Crippen molar-refractivity contribution >= 4 is 30.4 Å². The summed E-state index contributed by atoms with van der Waals surface area (Å²) in [5.41, 5.74) is 3.73. The van der Waals surface area contributed by atoms with Gasteiger partial charge in [-0.05, 0) is 24.1 Å². The van der Waals surface area contributed by atoms with Crippen molar-refractivity contribution in [3.8, 4) is 0 Å². The minimum atomic E-state index is 0.814. The maximum absolute atomic E-state index is 5.94. The molecule has 3 rings (SSSR count). The van der Waals surface area contributed by atoms with Crippen LogP contribution >= 0.6 is 11.6 Å². The third-order valence-corrected chi connectivity index (χ3v) is 3.77. The summed E-state index contributed by atoms with van der Waals surface area (Å²) in [5, 5.41) is 0.814. The van der Waals surface area contributed by atoms with E-state index in [-0.39, 0.29) is 0 Å². The van der Waals surface area contributed by atoms with Gasteiger partial charge in [-0.2, -0.15) is 0 Å². The second kappa shape index (κ2) is 10.5. The van der Waals surface area contributed by atoms with Crippen LogP contribution in [0.4, 0.5) is 0 Å². The fourth-order valence-corrected chi connectivity index (χ4v) is 2.42. The van der Waals surface area contributed by atoms with Crippen LogP contribution in [0.15, 0.2) is 73.2 Å². The molecule has 0 spiro atoms. The van der Waals surface area contributed by atoms with Crippen molar-refractivity contribution < 1.29 is 0 Å². The smallest absolute Gasteiger partial charge is 0.161 e. The zero-order chi connectivity index (χ0) is 17.0. The molecule has 3 aromatic rings. The third-order valence-electron chi connectivity index (χ3n) is 3.53. The van der Waals surface area contributed by atoms with E-state index >= 15 is 0 Å². The molecule has 2 aromatic carbocycles. The van der Waals surface area contributed by atoms with Crippen molar-refractivity contribution in [1.82, 2.24) is 9.97 Å². The van der Waals surface area contributed by atoms with Gasteiger partial charge in [-0.1, -0.05) is 84.9 Å². The Bertz CT molecular complexity index is 724. The van der Waals surface area contributed by atoms with Crippen LogP contribution < -0.4 is 5.46 Å². The summed E-state index contributed by atoms with van der Waals surface area (Å²) in [6.07, 6.45) is 9.97. The molecule has 0 saturated heterocycles. The van der Waals surface area contributed by atoms with Crippen LogP contribution in [-0.4, -0.2) is 17.2 Å². The highest BCUT2D eigenvalue weighted by Crippen LogP contribution is 2.04. The summed E-state index contributed by atoms with van der Waals surface area (Å²) < 4.78 is 0. The number of H-pyrrole nitrogens is 1. The van der Waals surface area contributed by atoms with E-state index in [1.807, 2.05) is 30.5 Å². The monoisotopic (exact) mass is 336 g/mol. The Labute approximate surface area is 149 Å². The molecule has 0 fully saturated rings. The van der Waals surface area contributed by atoms with Gasteiger partial charge in [0.1, 0.15) is 0 Å². The Hall–Kier alpha value is -2.26. The number of aromatic nitrogens is 2. The van der Waals surface area contributed by atoms with Crippen molar-refractivity contribution in [2.24, 2.45) is 0 Å². The first kappa shape index (κ1) is 18.1. The summed E-state index contributed by atoms with van der Waals surface area (Å²) in [5.74, 6) is 0. The van der Waals surface area contributed by atoms with Gasteiger partial charge in [0.05, 0.1) is 6.33 Å². The molecule has 2 nitrogen and oxygen atoms in total. The number of imidazole rings is 1. The number of halogens is 1. The molecule has 4 heteroatoms. The van der Waals surface area contributed by atoms with E-state index in [9.17, 15) is 0 Å². The van der Waals surface area contributed by atoms with Gasteiger partial charge in [0.25, 0.3) is 0 Å². The van der Waals surface area contributed by atoms with Gasteiger partial charge in [0.2, 0.25) is 0 Å². The number of rotatable bonds is 5. The van der Waals surface area contributed by atoms with Gasteiger partial charge in [0.15, 0.2) is 7.28 Å². The maximum Gasteiger partial charge on any atom is 0.161 e. The maximum atomic E-state index is 5.94. The van der Waals surface area contributed by atoms with Crippen LogP contribution in [0, 0.1) is 0 Å². The summed E-state index contributed by atoms with van der Waals surface area (Å²) in [7, 11) is 1.03. The number of hydrogen-bond acceptors (Lipinski definition) is 1. The molecule has 0 amide bonds. The number of allylic oxidation sites excluding steroid dienone is 1. The van der Waals surface area contributed by atoms with Gasteiger partial charge in [-0.15, -0.1) is 0 Å².